The molecule has 0 bridgehead atoms. The number of rotatable bonds is 4. The zero-order valence-corrected chi connectivity index (χ0v) is 10.8. The van der Waals surface area contributed by atoms with Gasteiger partial charge in [0.25, 0.3) is 0 Å². The second-order valence-corrected chi connectivity index (χ2v) is 4.23. The molecule has 0 unspecified atom stereocenters. The molecule has 0 saturated heterocycles. The van der Waals surface area contributed by atoms with Gasteiger partial charge in [0.15, 0.2) is 5.82 Å². The summed E-state index contributed by atoms with van der Waals surface area (Å²) in [5, 5.41) is 0. The van der Waals surface area contributed by atoms with Crippen LogP contribution in [-0.4, -0.2) is 17.0 Å². The van der Waals surface area contributed by atoms with Crippen molar-refractivity contribution in [1.29, 1.82) is 0 Å². The summed E-state index contributed by atoms with van der Waals surface area (Å²) in [7, 11) is 1.91. The van der Waals surface area contributed by atoms with Crippen molar-refractivity contribution in [2.75, 3.05) is 17.4 Å². The van der Waals surface area contributed by atoms with Crippen LogP contribution < -0.4 is 16.2 Å². The second kappa shape index (κ2) is 5.15. The fourth-order valence-electron chi connectivity index (χ4n) is 1.44. The molecule has 17 heavy (non-hydrogen) atoms. The molecule has 0 radical (unpaired) electrons. The molecule has 0 aromatic carbocycles. The summed E-state index contributed by atoms with van der Waals surface area (Å²) in [4.78, 5) is 10.1. The summed E-state index contributed by atoms with van der Waals surface area (Å²) < 4.78 is 6.00. The van der Waals surface area contributed by atoms with Gasteiger partial charge < -0.3 is 14.7 Å². The third-order valence-corrected chi connectivity index (χ3v) is 2.97. The monoisotopic (exact) mass is 297 g/mol. The molecule has 0 fully saturated rings. The Morgan fingerprint density at radius 2 is 2.35 bits per heavy atom. The van der Waals surface area contributed by atoms with Crippen LogP contribution in [0.15, 0.2) is 33.6 Å². The average molecular weight is 298 g/mol. The number of nitrogens with zero attached hydrogens (tertiary/aromatic N) is 3. The van der Waals surface area contributed by atoms with E-state index < -0.39 is 0 Å². The van der Waals surface area contributed by atoms with Crippen molar-refractivity contribution in [3.8, 4) is 0 Å². The van der Waals surface area contributed by atoms with Crippen molar-refractivity contribution in [3.63, 3.8) is 0 Å². The maximum Gasteiger partial charge on any atom is 0.159 e. The summed E-state index contributed by atoms with van der Waals surface area (Å²) in [6.07, 6.45) is 3.10. The summed E-state index contributed by atoms with van der Waals surface area (Å²) in [6, 6.07) is 3.76. The lowest BCUT2D eigenvalue weighted by Crippen LogP contribution is -2.19. The van der Waals surface area contributed by atoms with Crippen LogP contribution in [0.1, 0.15) is 5.76 Å². The van der Waals surface area contributed by atoms with E-state index in [1.54, 1.807) is 6.26 Å². The molecule has 3 N–H and O–H groups in total. The second-order valence-electron chi connectivity index (χ2n) is 3.44. The molecule has 0 spiro atoms. The molecule has 0 amide bonds. The van der Waals surface area contributed by atoms with E-state index in [-0.39, 0.29) is 0 Å². The molecular formula is C10H12BrN5O. The molecule has 0 aliphatic heterocycles. The Balaban J connectivity index is 2.22. The highest BCUT2D eigenvalue weighted by molar-refractivity contribution is 9.10. The van der Waals surface area contributed by atoms with Crippen molar-refractivity contribution in [3.05, 3.63) is 35.0 Å². The molecule has 0 aliphatic rings. The molecule has 0 saturated carbocycles. The van der Waals surface area contributed by atoms with Crippen molar-refractivity contribution in [1.82, 2.24) is 9.97 Å². The van der Waals surface area contributed by atoms with Crippen LogP contribution >= 0.6 is 15.9 Å². The number of furan rings is 1. The average Bonchev–Trinajstić information content (AvgIpc) is 2.82. The number of nitrogen functional groups attached to an aromatic ring is 1. The Morgan fingerprint density at radius 1 is 1.53 bits per heavy atom. The lowest BCUT2D eigenvalue weighted by molar-refractivity contribution is 0.507. The number of nitrogens with one attached hydrogen (secondary N) is 1. The maximum absolute atomic E-state index is 5.35. The smallest absolute Gasteiger partial charge is 0.159 e. The van der Waals surface area contributed by atoms with Gasteiger partial charge in [-0.1, -0.05) is 0 Å². The van der Waals surface area contributed by atoms with Crippen molar-refractivity contribution in [2.24, 2.45) is 5.84 Å². The van der Waals surface area contributed by atoms with E-state index in [1.807, 2.05) is 24.1 Å². The molecular weight excluding hydrogens is 286 g/mol. The highest BCUT2D eigenvalue weighted by atomic mass is 79.9. The lowest BCUT2D eigenvalue weighted by Gasteiger charge is -2.18. The normalized spacial score (nSPS) is 10.3. The summed E-state index contributed by atoms with van der Waals surface area (Å²) >= 11 is 3.41. The van der Waals surface area contributed by atoms with Gasteiger partial charge in [0.1, 0.15) is 22.4 Å². The number of halogens is 1. The van der Waals surface area contributed by atoms with Crippen molar-refractivity contribution in [2.45, 2.75) is 6.54 Å². The Bertz CT molecular complexity index is 487. The van der Waals surface area contributed by atoms with Gasteiger partial charge in [0.05, 0.1) is 12.8 Å². The van der Waals surface area contributed by atoms with Crippen LogP contribution in [0, 0.1) is 0 Å². The van der Waals surface area contributed by atoms with Gasteiger partial charge in [-0.05, 0) is 28.1 Å². The molecule has 7 heteroatoms. The van der Waals surface area contributed by atoms with Crippen LogP contribution in [0.3, 0.4) is 0 Å². The van der Waals surface area contributed by atoms with Gasteiger partial charge >= 0.3 is 0 Å². The Hall–Kier alpha value is -1.60. The van der Waals surface area contributed by atoms with E-state index >= 15 is 0 Å². The van der Waals surface area contributed by atoms with E-state index in [2.05, 4.69) is 31.3 Å². The minimum Gasteiger partial charge on any atom is -0.467 e. The number of nitrogens with two attached hydrogens (primary N) is 1. The van der Waals surface area contributed by atoms with Crippen LogP contribution in [0.4, 0.5) is 11.6 Å². The van der Waals surface area contributed by atoms with Crippen LogP contribution in [-0.2, 0) is 6.54 Å². The quantitative estimate of drug-likeness (QED) is 0.661. The lowest BCUT2D eigenvalue weighted by atomic mass is 10.4. The highest BCUT2D eigenvalue weighted by Crippen LogP contribution is 2.28. The first kappa shape index (κ1) is 11.9. The summed E-state index contributed by atoms with van der Waals surface area (Å²) in [5.41, 5.74) is 2.50. The van der Waals surface area contributed by atoms with E-state index in [9.17, 15) is 0 Å². The molecule has 2 heterocycles. The first-order valence-corrected chi connectivity index (χ1v) is 5.72. The molecule has 2 aromatic rings. The van der Waals surface area contributed by atoms with Crippen molar-refractivity contribution < 1.29 is 4.42 Å². The molecule has 0 aliphatic carbocycles. The molecule has 6 nitrogen and oxygen atoms in total. The minimum atomic E-state index is 0.543. The summed E-state index contributed by atoms with van der Waals surface area (Å²) in [6.45, 7) is 0.618. The predicted octanol–water partition coefficient (Wildman–Crippen LogP) is 1.75. The van der Waals surface area contributed by atoms with Crippen LogP contribution in [0.25, 0.3) is 0 Å². The zero-order chi connectivity index (χ0) is 12.3. The predicted molar refractivity (Wildman–Crippen MR) is 68.4 cm³/mol. The summed E-state index contributed by atoms with van der Waals surface area (Å²) in [5.74, 6) is 7.49. The van der Waals surface area contributed by atoms with Gasteiger partial charge in [-0.25, -0.2) is 15.8 Å². The Morgan fingerprint density at radius 3 is 3.00 bits per heavy atom. The zero-order valence-electron chi connectivity index (χ0n) is 9.22. The number of hydrazine groups is 1. The van der Waals surface area contributed by atoms with Gasteiger partial charge in [0, 0.05) is 7.05 Å². The first-order valence-electron chi connectivity index (χ1n) is 4.93. The third-order valence-electron chi connectivity index (χ3n) is 2.24. The van der Waals surface area contributed by atoms with Gasteiger partial charge in [0.2, 0.25) is 0 Å². The number of aromatic nitrogens is 2. The molecule has 90 valence electrons. The minimum absolute atomic E-state index is 0.543. The van der Waals surface area contributed by atoms with Crippen LogP contribution in [0.2, 0.25) is 0 Å². The van der Waals surface area contributed by atoms with Gasteiger partial charge in [-0.15, -0.1) is 0 Å². The number of hydrogen-bond donors (Lipinski definition) is 2. The van der Waals surface area contributed by atoms with E-state index in [1.165, 1.54) is 6.33 Å². The highest BCUT2D eigenvalue weighted by Gasteiger charge is 2.12. The SMILES string of the molecule is CN(Cc1ccco1)c1ncnc(NN)c1Br. The topological polar surface area (TPSA) is 80.2 Å². The number of anilines is 2. The maximum atomic E-state index is 5.35. The van der Waals surface area contributed by atoms with Gasteiger partial charge in [-0.2, -0.15) is 0 Å². The van der Waals surface area contributed by atoms with Crippen LogP contribution in [0.5, 0.6) is 0 Å². The fraction of sp³-hybridized carbons (Fsp3) is 0.200. The molecule has 2 aromatic heterocycles. The standard InChI is InChI=1S/C10H12BrN5O/c1-16(5-7-3-2-4-17-7)10-8(11)9(15-12)13-6-14-10/h2-4,6H,5,12H2,1H3,(H,13,14,15). The largest absolute Gasteiger partial charge is 0.467 e. The first-order chi connectivity index (χ1) is 8.22. The fourth-order valence-corrected chi connectivity index (χ4v) is 2.06. The van der Waals surface area contributed by atoms with E-state index in [0.717, 1.165) is 16.1 Å². The Labute approximate surface area is 107 Å². The van der Waals surface area contributed by atoms with Crippen molar-refractivity contribution >= 4 is 27.6 Å². The Kier molecular flexibility index (Phi) is 3.60. The molecule has 0 atom stereocenters. The van der Waals surface area contributed by atoms with Gasteiger partial charge in [-0.3, -0.25) is 0 Å². The third kappa shape index (κ3) is 2.56. The molecule has 2 rings (SSSR count). The van der Waals surface area contributed by atoms with E-state index in [4.69, 9.17) is 10.3 Å². The van der Waals surface area contributed by atoms with E-state index in [0.29, 0.717) is 12.4 Å². The number of hydrogen-bond acceptors (Lipinski definition) is 6.